The van der Waals surface area contributed by atoms with E-state index in [1.165, 1.54) is 24.3 Å². The normalized spacial score (nSPS) is 10.3. The molecule has 24 heavy (non-hydrogen) atoms. The first-order valence-electron chi connectivity index (χ1n) is 6.88. The Morgan fingerprint density at radius 1 is 0.958 bits per heavy atom. The third-order valence-electron chi connectivity index (χ3n) is 3.28. The molecule has 1 heterocycles. The molecule has 2 aromatic carbocycles. The molecule has 3 rings (SSSR count). The largest absolute Gasteiger partial charge is 0.451 e. The first kappa shape index (κ1) is 15.2. The molecule has 0 aliphatic rings. The Morgan fingerprint density at radius 3 is 2.29 bits per heavy atom. The zero-order valence-corrected chi connectivity index (χ0v) is 12.2. The van der Waals surface area contributed by atoms with Gasteiger partial charge in [0.05, 0.1) is 4.92 Å². The van der Waals surface area contributed by atoms with Crippen molar-refractivity contribution >= 4 is 28.5 Å². The number of furan rings is 1. The Balaban J connectivity index is 1.64. The molecule has 0 saturated heterocycles. The Labute approximate surface area is 135 Å². The van der Waals surface area contributed by atoms with Gasteiger partial charge in [0, 0.05) is 23.1 Å². The topological polar surface area (TPSA) is 114 Å². The highest BCUT2D eigenvalue weighted by Gasteiger charge is 2.14. The number of para-hydroxylation sites is 1. The number of carbonyl (C=O) groups excluding carboxylic acids is 2. The number of carbonyl (C=O) groups is 2. The van der Waals surface area contributed by atoms with Crippen molar-refractivity contribution < 1.29 is 18.9 Å². The number of hydrogen-bond acceptors (Lipinski definition) is 5. The summed E-state index contributed by atoms with van der Waals surface area (Å²) in [5.41, 5.74) is 5.06. The maximum absolute atomic E-state index is 12.0. The number of non-ortho nitro benzene ring substituents is 1. The Hall–Kier alpha value is -3.68. The van der Waals surface area contributed by atoms with Crippen LogP contribution in [-0.4, -0.2) is 16.7 Å². The number of nitrogens with zero attached hydrogens (tertiary/aromatic N) is 1. The average molecular weight is 325 g/mol. The molecule has 0 fully saturated rings. The van der Waals surface area contributed by atoms with E-state index in [1.807, 2.05) is 6.07 Å². The van der Waals surface area contributed by atoms with Gasteiger partial charge in [-0.25, -0.2) is 0 Å². The number of benzene rings is 2. The summed E-state index contributed by atoms with van der Waals surface area (Å²) in [6.07, 6.45) is 0. The van der Waals surface area contributed by atoms with Crippen molar-refractivity contribution in [2.45, 2.75) is 0 Å². The molecular formula is C16H11N3O5. The minimum absolute atomic E-state index is 0.0557. The van der Waals surface area contributed by atoms with Gasteiger partial charge in [-0.1, -0.05) is 18.2 Å². The van der Waals surface area contributed by atoms with Gasteiger partial charge in [-0.2, -0.15) is 0 Å². The van der Waals surface area contributed by atoms with Gasteiger partial charge in [0.15, 0.2) is 5.76 Å². The minimum atomic E-state index is -0.610. The molecule has 1 aromatic heterocycles. The lowest BCUT2D eigenvalue weighted by atomic mass is 10.2. The summed E-state index contributed by atoms with van der Waals surface area (Å²) >= 11 is 0. The van der Waals surface area contributed by atoms with Crippen molar-refractivity contribution in [1.29, 1.82) is 0 Å². The molecule has 2 N–H and O–H groups in total. The molecule has 0 unspecified atom stereocenters. The van der Waals surface area contributed by atoms with Gasteiger partial charge >= 0.3 is 5.91 Å². The third kappa shape index (κ3) is 3.07. The minimum Gasteiger partial charge on any atom is -0.451 e. The lowest BCUT2D eigenvalue weighted by molar-refractivity contribution is -0.384. The van der Waals surface area contributed by atoms with Crippen LogP contribution in [0.2, 0.25) is 0 Å². The number of nitro benzene ring substituents is 1. The van der Waals surface area contributed by atoms with E-state index in [9.17, 15) is 19.7 Å². The number of rotatable bonds is 3. The van der Waals surface area contributed by atoms with E-state index in [1.54, 1.807) is 24.3 Å². The van der Waals surface area contributed by atoms with Gasteiger partial charge in [0.1, 0.15) is 5.58 Å². The molecular weight excluding hydrogens is 314 g/mol. The number of fused-ring (bicyclic) bond motifs is 1. The van der Waals surface area contributed by atoms with E-state index in [0.717, 1.165) is 5.39 Å². The predicted octanol–water partition coefficient (Wildman–Crippen LogP) is 2.42. The molecule has 8 nitrogen and oxygen atoms in total. The van der Waals surface area contributed by atoms with Crippen molar-refractivity contribution in [2.24, 2.45) is 0 Å². The maximum atomic E-state index is 12.0. The first-order valence-corrected chi connectivity index (χ1v) is 6.88. The van der Waals surface area contributed by atoms with E-state index >= 15 is 0 Å². The van der Waals surface area contributed by atoms with Crippen LogP contribution in [-0.2, 0) is 0 Å². The summed E-state index contributed by atoms with van der Waals surface area (Å²) in [6.45, 7) is 0. The van der Waals surface area contributed by atoms with Crippen LogP contribution in [0.4, 0.5) is 5.69 Å². The first-order chi connectivity index (χ1) is 11.5. The molecule has 0 aliphatic heterocycles. The van der Waals surface area contributed by atoms with Crippen LogP contribution in [0.25, 0.3) is 11.0 Å². The van der Waals surface area contributed by atoms with Crippen LogP contribution in [0, 0.1) is 10.1 Å². The summed E-state index contributed by atoms with van der Waals surface area (Å²) in [5.74, 6) is -1.16. The molecule has 0 radical (unpaired) electrons. The highest BCUT2D eigenvalue weighted by molar-refractivity contribution is 5.99. The summed E-state index contributed by atoms with van der Waals surface area (Å²) < 4.78 is 5.37. The molecule has 0 saturated carbocycles. The van der Waals surface area contributed by atoms with E-state index in [-0.39, 0.29) is 17.0 Å². The molecule has 3 aromatic rings. The molecule has 0 bridgehead atoms. The van der Waals surface area contributed by atoms with Gasteiger partial charge in [-0.05, 0) is 24.3 Å². The molecule has 0 spiro atoms. The predicted molar refractivity (Wildman–Crippen MR) is 84.2 cm³/mol. The number of hydrazine groups is 1. The van der Waals surface area contributed by atoms with E-state index in [4.69, 9.17) is 4.42 Å². The summed E-state index contributed by atoms with van der Waals surface area (Å²) in [4.78, 5) is 33.9. The zero-order chi connectivity index (χ0) is 17.1. The second-order valence-corrected chi connectivity index (χ2v) is 4.86. The fourth-order valence-electron chi connectivity index (χ4n) is 2.08. The van der Waals surface area contributed by atoms with Crippen LogP contribution in [0.5, 0.6) is 0 Å². The van der Waals surface area contributed by atoms with Crippen LogP contribution < -0.4 is 10.9 Å². The number of amides is 2. The summed E-state index contributed by atoms with van der Waals surface area (Å²) in [6, 6.07) is 13.7. The van der Waals surface area contributed by atoms with Gasteiger partial charge in [-0.3, -0.25) is 30.6 Å². The van der Waals surface area contributed by atoms with Crippen LogP contribution in [0.3, 0.4) is 0 Å². The smallest absolute Gasteiger partial charge is 0.305 e. The Kier molecular flexibility index (Phi) is 3.94. The summed E-state index contributed by atoms with van der Waals surface area (Å²) in [5, 5.41) is 11.3. The number of hydrogen-bond donors (Lipinski definition) is 2. The second kappa shape index (κ2) is 6.21. The van der Waals surface area contributed by atoms with Crippen LogP contribution >= 0.6 is 0 Å². The van der Waals surface area contributed by atoms with Gasteiger partial charge in [0.2, 0.25) is 0 Å². The maximum Gasteiger partial charge on any atom is 0.305 e. The van der Waals surface area contributed by atoms with E-state index in [0.29, 0.717) is 5.58 Å². The number of nitrogens with one attached hydrogen (secondary N) is 2. The standard InChI is InChI=1S/C16H11N3O5/c20-15(10-5-7-12(8-6-10)19(22)23)17-18-16(21)14-9-11-3-1-2-4-13(11)24-14/h1-9H,(H,17,20)(H,18,21). The Morgan fingerprint density at radius 2 is 1.62 bits per heavy atom. The second-order valence-electron chi connectivity index (χ2n) is 4.86. The zero-order valence-electron chi connectivity index (χ0n) is 12.2. The van der Waals surface area contributed by atoms with Gasteiger partial charge in [0.25, 0.3) is 11.6 Å². The monoisotopic (exact) mass is 325 g/mol. The SMILES string of the molecule is O=C(NNC(=O)c1cc2ccccc2o1)c1ccc([N+](=O)[O-])cc1. The van der Waals surface area contributed by atoms with Gasteiger partial charge in [-0.15, -0.1) is 0 Å². The van der Waals surface area contributed by atoms with Crippen molar-refractivity contribution in [1.82, 2.24) is 10.9 Å². The van der Waals surface area contributed by atoms with E-state index in [2.05, 4.69) is 10.9 Å². The third-order valence-corrected chi connectivity index (χ3v) is 3.28. The lowest BCUT2D eigenvalue weighted by Crippen LogP contribution is -2.41. The molecule has 0 atom stereocenters. The Bertz CT molecular complexity index is 897. The quantitative estimate of drug-likeness (QED) is 0.567. The van der Waals surface area contributed by atoms with Crippen molar-refractivity contribution in [3.05, 3.63) is 76.0 Å². The highest BCUT2D eigenvalue weighted by atomic mass is 16.6. The van der Waals surface area contributed by atoms with Crippen LogP contribution in [0.1, 0.15) is 20.9 Å². The number of nitro groups is 1. The van der Waals surface area contributed by atoms with Crippen molar-refractivity contribution in [3.63, 3.8) is 0 Å². The highest BCUT2D eigenvalue weighted by Crippen LogP contribution is 2.18. The van der Waals surface area contributed by atoms with Crippen LogP contribution in [0.15, 0.2) is 59.0 Å². The average Bonchev–Trinajstić information content (AvgIpc) is 3.03. The fraction of sp³-hybridized carbons (Fsp3) is 0. The van der Waals surface area contributed by atoms with Crippen molar-refractivity contribution in [2.75, 3.05) is 0 Å². The summed E-state index contributed by atoms with van der Waals surface area (Å²) in [7, 11) is 0. The lowest BCUT2D eigenvalue weighted by Gasteiger charge is -2.05. The molecule has 8 heteroatoms. The fourth-order valence-corrected chi connectivity index (χ4v) is 2.08. The van der Waals surface area contributed by atoms with E-state index < -0.39 is 16.7 Å². The molecule has 0 aliphatic carbocycles. The molecule has 2 amide bonds. The molecule has 120 valence electrons. The van der Waals surface area contributed by atoms with Gasteiger partial charge < -0.3 is 4.42 Å². The van der Waals surface area contributed by atoms with Crippen molar-refractivity contribution in [3.8, 4) is 0 Å².